The van der Waals surface area contributed by atoms with E-state index >= 15 is 0 Å². The first-order valence-corrected chi connectivity index (χ1v) is 10.0. The van der Waals surface area contributed by atoms with Gasteiger partial charge in [0.1, 0.15) is 17.8 Å². The molecule has 9 nitrogen and oxygen atoms in total. The number of nitrogens with one attached hydrogen (secondary N) is 2. The van der Waals surface area contributed by atoms with E-state index in [1.54, 1.807) is 6.07 Å². The third kappa shape index (κ3) is 5.44. The summed E-state index contributed by atoms with van der Waals surface area (Å²) in [7, 11) is -3.79. The molecule has 0 spiro atoms. The Balaban J connectivity index is 2.25. The van der Waals surface area contributed by atoms with E-state index in [0.717, 1.165) is 24.5 Å². The number of rotatable bonds is 4. The molecule has 0 saturated carbocycles. The molecule has 1 aromatic rings. The van der Waals surface area contributed by atoms with Crippen LogP contribution in [0.25, 0.3) is 0 Å². The molecule has 29 heavy (non-hydrogen) atoms. The Morgan fingerprint density at radius 1 is 1.45 bits per heavy atom. The fourth-order valence-corrected chi connectivity index (χ4v) is 3.44. The summed E-state index contributed by atoms with van der Waals surface area (Å²) in [6, 6.07) is 4.61. The summed E-state index contributed by atoms with van der Waals surface area (Å²) < 4.78 is 62.0. The van der Waals surface area contributed by atoms with Crippen LogP contribution in [0.1, 0.15) is 12.5 Å². The van der Waals surface area contributed by atoms with Crippen LogP contribution in [0.5, 0.6) is 0 Å². The molecule has 0 bridgehead atoms. The average Bonchev–Trinajstić information content (AvgIpc) is 2.60. The number of nitrogens with two attached hydrogens (primary N) is 1. The van der Waals surface area contributed by atoms with E-state index < -0.39 is 44.8 Å². The number of hydrogen-bond acceptors (Lipinski definition) is 7. The van der Waals surface area contributed by atoms with Gasteiger partial charge in [-0.05, 0) is 25.1 Å². The third-order valence-corrected chi connectivity index (χ3v) is 5.10. The molecule has 1 heterocycles. The van der Waals surface area contributed by atoms with Crippen molar-refractivity contribution in [3.05, 3.63) is 29.8 Å². The number of alkyl halides is 3. The van der Waals surface area contributed by atoms with Crippen molar-refractivity contribution < 1.29 is 26.4 Å². The Labute approximate surface area is 164 Å². The first-order valence-electron chi connectivity index (χ1n) is 8.07. The van der Waals surface area contributed by atoms with Crippen LogP contribution in [0.3, 0.4) is 0 Å². The molecule has 0 aliphatic carbocycles. The fraction of sp³-hybridized carbons (Fsp3) is 0.375. The van der Waals surface area contributed by atoms with Gasteiger partial charge in [0, 0.05) is 11.9 Å². The van der Waals surface area contributed by atoms with Gasteiger partial charge in [0.05, 0.1) is 11.6 Å². The summed E-state index contributed by atoms with van der Waals surface area (Å²) >= 11 is 0. The summed E-state index contributed by atoms with van der Waals surface area (Å²) in [5, 5.41) is 12.6. The number of nitrogens with zero attached hydrogens (tertiary/aromatic N) is 3. The lowest BCUT2D eigenvalue weighted by molar-refractivity contribution is -0.137. The molecule has 0 radical (unpaired) electrons. The summed E-state index contributed by atoms with van der Waals surface area (Å²) in [5.74, 6) is -2.58. The Morgan fingerprint density at radius 3 is 2.66 bits per heavy atom. The maximum absolute atomic E-state index is 12.8. The maximum atomic E-state index is 12.8. The Morgan fingerprint density at radius 2 is 2.10 bits per heavy atom. The van der Waals surface area contributed by atoms with Crippen LogP contribution in [-0.2, 0) is 20.8 Å². The maximum Gasteiger partial charge on any atom is 0.416 e. The second kappa shape index (κ2) is 8.08. The van der Waals surface area contributed by atoms with Gasteiger partial charge in [0.25, 0.3) is 0 Å². The molecule has 1 amide bonds. The standard InChI is InChI=1S/C16H17F3N6O3S/c1-8(13(26)23-10-5-3-4-9(6-10)16(17,18)19)22-12-11(7-20)14(29(2,27)28)25-15(21)24-12/h3-6,8,11,14H,1-2H3,(H,23,26)(H3,21,22,24,25)/t8-,11?,14?/m0/s1. The van der Waals surface area contributed by atoms with E-state index in [-0.39, 0.29) is 17.5 Å². The summed E-state index contributed by atoms with van der Waals surface area (Å²) in [5.41, 5.74) is 4.50. The summed E-state index contributed by atoms with van der Waals surface area (Å²) in [6.07, 6.45) is -3.69. The SMILES string of the molecule is C[C@H](N=C1NC(N)=NC(S(C)(=O)=O)C1C#N)C(=O)Nc1cccc(C(F)(F)F)c1. The topological polar surface area (TPSA) is 150 Å². The molecular formula is C16H17F3N6O3S. The van der Waals surface area contributed by atoms with Gasteiger partial charge in [-0.25, -0.2) is 13.4 Å². The number of aliphatic imine (C=N–C) groups is 2. The molecule has 1 aliphatic rings. The minimum atomic E-state index is -4.57. The second-order valence-electron chi connectivity index (χ2n) is 6.22. The molecule has 0 fully saturated rings. The Bertz CT molecular complexity index is 1010. The number of carbonyl (C=O) groups is 1. The van der Waals surface area contributed by atoms with Crippen molar-refractivity contribution in [3.63, 3.8) is 0 Å². The van der Waals surface area contributed by atoms with Gasteiger partial charge in [0.15, 0.2) is 21.2 Å². The monoisotopic (exact) mass is 430 g/mol. The molecular weight excluding hydrogens is 413 g/mol. The fourth-order valence-electron chi connectivity index (χ4n) is 2.46. The van der Waals surface area contributed by atoms with Crippen molar-refractivity contribution in [1.82, 2.24) is 5.32 Å². The number of amidine groups is 1. The van der Waals surface area contributed by atoms with Crippen molar-refractivity contribution in [2.24, 2.45) is 21.6 Å². The van der Waals surface area contributed by atoms with Gasteiger partial charge in [-0.3, -0.25) is 9.79 Å². The lowest BCUT2D eigenvalue weighted by Crippen LogP contribution is -2.51. The zero-order valence-electron chi connectivity index (χ0n) is 15.2. The molecule has 3 atom stereocenters. The van der Waals surface area contributed by atoms with Crippen molar-refractivity contribution in [1.29, 1.82) is 5.26 Å². The first kappa shape index (κ1) is 22.2. The van der Waals surface area contributed by atoms with Crippen LogP contribution in [0.15, 0.2) is 34.3 Å². The molecule has 156 valence electrons. The largest absolute Gasteiger partial charge is 0.416 e. The van der Waals surface area contributed by atoms with Gasteiger partial charge < -0.3 is 16.4 Å². The van der Waals surface area contributed by atoms with E-state index in [1.165, 1.54) is 13.0 Å². The second-order valence-corrected chi connectivity index (χ2v) is 8.37. The van der Waals surface area contributed by atoms with Gasteiger partial charge >= 0.3 is 6.18 Å². The van der Waals surface area contributed by atoms with E-state index in [4.69, 9.17) is 5.73 Å². The average molecular weight is 430 g/mol. The van der Waals surface area contributed by atoms with Crippen LogP contribution in [0, 0.1) is 17.2 Å². The minimum absolute atomic E-state index is 0.0969. The number of guanidine groups is 1. The van der Waals surface area contributed by atoms with Crippen LogP contribution < -0.4 is 16.4 Å². The number of hydrogen-bond donors (Lipinski definition) is 3. The number of benzene rings is 1. The normalized spacial score (nSPS) is 22.2. The predicted molar refractivity (Wildman–Crippen MR) is 99.5 cm³/mol. The number of carbonyl (C=O) groups excluding carboxylic acids is 1. The van der Waals surface area contributed by atoms with Crippen LogP contribution >= 0.6 is 0 Å². The zero-order valence-corrected chi connectivity index (χ0v) is 16.0. The van der Waals surface area contributed by atoms with Gasteiger partial charge in [-0.15, -0.1) is 0 Å². The van der Waals surface area contributed by atoms with Crippen molar-refractivity contribution in [3.8, 4) is 6.07 Å². The van der Waals surface area contributed by atoms with Crippen LogP contribution in [-0.4, -0.2) is 43.8 Å². The number of amides is 1. The lowest BCUT2D eigenvalue weighted by atomic mass is 10.1. The van der Waals surface area contributed by atoms with E-state index in [1.807, 2.05) is 0 Å². The molecule has 4 N–H and O–H groups in total. The number of anilines is 1. The Hall–Kier alpha value is -3.14. The molecule has 1 aromatic carbocycles. The molecule has 0 aromatic heterocycles. The number of sulfone groups is 1. The van der Waals surface area contributed by atoms with Crippen molar-refractivity contribution in [2.75, 3.05) is 11.6 Å². The lowest BCUT2D eigenvalue weighted by Gasteiger charge is -2.25. The van der Waals surface area contributed by atoms with Gasteiger partial charge in [-0.1, -0.05) is 6.07 Å². The quantitative estimate of drug-likeness (QED) is 0.645. The first-order chi connectivity index (χ1) is 13.3. The summed E-state index contributed by atoms with van der Waals surface area (Å²) in [6.45, 7) is 1.32. The van der Waals surface area contributed by atoms with Crippen LogP contribution in [0.4, 0.5) is 18.9 Å². The van der Waals surface area contributed by atoms with Crippen LogP contribution in [0.2, 0.25) is 0 Å². The smallest absolute Gasteiger partial charge is 0.370 e. The van der Waals surface area contributed by atoms with E-state index in [0.29, 0.717) is 0 Å². The molecule has 0 saturated heterocycles. The third-order valence-electron chi connectivity index (χ3n) is 3.85. The highest BCUT2D eigenvalue weighted by Gasteiger charge is 2.38. The minimum Gasteiger partial charge on any atom is -0.370 e. The number of nitriles is 1. The van der Waals surface area contributed by atoms with E-state index in [2.05, 4.69) is 20.6 Å². The highest BCUT2D eigenvalue weighted by molar-refractivity contribution is 7.91. The predicted octanol–water partition coefficient (Wildman–Crippen LogP) is 0.859. The zero-order chi connectivity index (χ0) is 22.0. The van der Waals surface area contributed by atoms with Crippen molar-refractivity contribution >= 4 is 33.2 Å². The van der Waals surface area contributed by atoms with E-state index in [9.17, 15) is 31.6 Å². The van der Waals surface area contributed by atoms with Gasteiger partial charge in [-0.2, -0.15) is 18.4 Å². The molecule has 2 unspecified atom stereocenters. The van der Waals surface area contributed by atoms with Crippen molar-refractivity contribution in [2.45, 2.75) is 24.5 Å². The highest BCUT2D eigenvalue weighted by atomic mass is 32.2. The Kier molecular flexibility index (Phi) is 6.17. The number of halogens is 3. The molecule has 13 heteroatoms. The van der Waals surface area contributed by atoms with Gasteiger partial charge in [0.2, 0.25) is 5.91 Å². The molecule has 2 rings (SSSR count). The highest BCUT2D eigenvalue weighted by Crippen LogP contribution is 2.30. The molecule has 1 aliphatic heterocycles. The summed E-state index contributed by atoms with van der Waals surface area (Å²) in [4.78, 5) is 20.0.